The van der Waals surface area contributed by atoms with Crippen LogP contribution in [0.5, 0.6) is 0 Å². The first kappa shape index (κ1) is 21.7. The van der Waals surface area contributed by atoms with Gasteiger partial charge in [0.2, 0.25) is 0 Å². The minimum atomic E-state index is 0. The molecule has 0 aliphatic rings. The van der Waals surface area contributed by atoms with Crippen LogP contribution in [0.1, 0.15) is 104 Å². The predicted octanol–water partition coefficient (Wildman–Crippen LogP) is 6.39. The first-order valence-electron chi connectivity index (χ1n) is 8.47. The number of rotatable bonds is 13. The van der Waals surface area contributed by atoms with Crippen LogP contribution in [0.2, 0.25) is 0 Å². The second-order valence-electron chi connectivity index (χ2n) is 6.09. The first-order chi connectivity index (χ1) is 8.68. The Labute approximate surface area is 132 Å². The molecule has 0 fully saturated rings. The van der Waals surface area contributed by atoms with Gasteiger partial charge in [-0.3, -0.25) is 0 Å². The maximum Gasteiger partial charge on any atom is 0.0154 e. The Morgan fingerprint density at radius 2 is 0.895 bits per heavy atom. The molecule has 0 aromatic heterocycles. The average Bonchev–Trinajstić information content (AvgIpc) is 2.36. The molecule has 2 heteroatoms. The van der Waals surface area contributed by atoms with E-state index in [9.17, 15) is 0 Å². The molecule has 0 aromatic carbocycles. The SMILES string of the molecule is Br.CCCCCCC(N)(CCCCC)CCCCC. The molecule has 0 unspecified atom stereocenters. The van der Waals surface area contributed by atoms with Crippen LogP contribution in [0, 0.1) is 0 Å². The molecule has 1 nitrogen and oxygen atoms in total. The molecule has 0 atom stereocenters. The minimum absolute atomic E-state index is 0. The van der Waals surface area contributed by atoms with Crippen molar-refractivity contribution in [3.05, 3.63) is 0 Å². The molecule has 0 rings (SSSR count). The molecule has 0 radical (unpaired) electrons. The van der Waals surface area contributed by atoms with Crippen LogP contribution < -0.4 is 5.73 Å². The maximum atomic E-state index is 6.66. The van der Waals surface area contributed by atoms with E-state index in [4.69, 9.17) is 5.73 Å². The third-order valence-electron chi connectivity index (χ3n) is 4.08. The largest absolute Gasteiger partial charge is 0.325 e. The van der Waals surface area contributed by atoms with Crippen molar-refractivity contribution >= 4 is 17.0 Å². The standard InChI is InChI=1S/C17H37N.BrH/c1-4-7-10-13-16-17(18,14-11-8-5-2)15-12-9-6-3;/h4-16,18H2,1-3H3;1H. The lowest BCUT2D eigenvalue weighted by Gasteiger charge is -2.30. The van der Waals surface area contributed by atoms with Gasteiger partial charge in [0, 0.05) is 5.54 Å². The molecule has 0 saturated heterocycles. The highest BCUT2D eigenvalue weighted by Crippen LogP contribution is 2.26. The Morgan fingerprint density at radius 1 is 0.579 bits per heavy atom. The lowest BCUT2D eigenvalue weighted by atomic mass is 9.83. The molecule has 0 bridgehead atoms. The Hall–Kier alpha value is 0.440. The molecule has 0 aromatic rings. The molecule has 0 spiro atoms. The highest BCUT2D eigenvalue weighted by atomic mass is 79.9. The van der Waals surface area contributed by atoms with Crippen LogP contribution in [0.3, 0.4) is 0 Å². The van der Waals surface area contributed by atoms with Gasteiger partial charge in [-0.2, -0.15) is 0 Å². The predicted molar refractivity (Wildman–Crippen MR) is 94.3 cm³/mol. The van der Waals surface area contributed by atoms with Crippen molar-refractivity contribution in [3.8, 4) is 0 Å². The summed E-state index contributed by atoms with van der Waals surface area (Å²) in [5, 5.41) is 0. The van der Waals surface area contributed by atoms with Crippen LogP contribution in [0.4, 0.5) is 0 Å². The summed E-state index contributed by atoms with van der Waals surface area (Å²) in [6.07, 6.45) is 17.1. The van der Waals surface area contributed by atoms with Gasteiger partial charge in [0.25, 0.3) is 0 Å². The molecule has 19 heavy (non-hydrogen) atoms. The van der Waals surface area contributed by atoms with Gasteiger partial charge in [-0.05, 0) is 19.3 Å². The zero-order chi connectivity index (χ0) is 13.7. The smallest absolute Gasteiger partial charge is 0.0154 e. The molecule has 0 heterocycles. The number of halogens is 1. The molecule has 0 aliphatic heterocycles. The van der Waals surface area contributed by atoms with Crippen LogP contribution in [-0.2, 0) is 0 Å². The monoisotopic (exact) mass is 335 g/mol. The third kappa shape index (κ3) is 13.2. The topological polar surface area (TPSA) is 26.0 Å². The number of nitrogens with two attached hydrogens (primary N) is 1. The fraction of sp³-hybridized carbons (Fsp3) is 1.00. The number of hydrogen-bond acceptors (Lipinski definition) is 1. The van der Waals surface area contributed by atoms with E-state index in [0.29, 0.717) is 0 Å². The minimum Gasteiger partial charge on any atom is -0.325 e. The van der Waals surface area contributed by atoms with Crippen LogP contribution in [0.25, 0.3) is 0 Å². The molecular formula is C17H38BrN. The molecule has 0 amide bonds. The Balaban J connectivity index is 0. The van der Waals surface area contributed by atoms with Crippen molar-refractivity contribution in [1.82, 2.24) is 0 Å². The Morgan fingerprint density at radius 3 is 1.26 bits per heavy atom. The van der Waals surface area contributed by atoms with E-state index >= 15 is 0 Å². The van der Waals surface area contributed by atoms with E-state index in [-0.39, 0.29) is 22.5 Å². The summed E-state index contributed by atoms with van der Waals surface area (Å²) in [4.78, 5) is 0. The molecule has 2 N–H and O–H groups in total. The highest BCUT2D eigenvalue weighted by Gasteiger charge is 2.22. The van der Waals surface area contributed by atoms with Crippen molar-refractivity contribution < 1.29 is 0 Å². The van der Waals surface area contributed by atoms with Crippen LogP contribution in [0.15, 0.2) is 0 Å². The average molecular weight is 336 g/mol. The van der Waals surface area contributed by atoms with E-state index in [2.05, 4.69) is 20.8 Å². The summed E-state index contributed by atoms with van der Waals surface area (Å²) in [6, 6.07) is 0. The second-order valence-corrected chi connectivity index (χ2v) is 6.09. The van der Waals surface area contributed by atoms with E-state index in [1.807, 2.05) is 0 Å². The maximum absolute atomic E-state index is 6.66. The first-order valence-corrected chi connectivity index (χ1v) is 8.47. The number of hydrogen-bond donors (Lipinski definition) is 1. The fourth-order valence-corrected chi connectivity index (χ4v) is 2.73. The normalized spacial score (nSPS) is 11.4. The summed E-state index contributed by atoms with van der Waals surface area (Å²) in [5.74, 6) is 0. The third-order valence-corrected chi connectivity index (χ3v) is 4.08. The van der Waals surface area contributed by atoms with Gasteiger partial charge in [0.1, 0.15) is 0 Å². The van der Waals surface area contributed by atoms with Crippen molar-refractivity contribution in [2.24, 2.45) is 5.73 Å². The van der Waals surface area contributed by atoms with E-state index < -0.39 is 0 Å². The van der Waals surface area contributed by atoms with Crippen molar-refractivity contribution in [2.75, 3.05) is 0 Å². The lowest BCUT2D eigenvalue weighted by molar-refractivity contribution is 0.305. The Bertz CT molecular complexity index is 161. The summed E-state index contributed by atoms with van der Waals surface area (Å²) in [7, 11) is 0. The zero-order valence-electron chi connectivity index (χ0n) is 13.7. The molecular weight excluding hydrogens is 298 g/mol. The van der Waals surface area contributed by atoms with E-state index in [0.717, 1.165) is 0 Å². The van der Waals surface area contributed by atoms with Gasteiger partial charge in [0.05, 0.1) is 0 Å². The van der Waals surface area contributed by atoms with Crippen LogP contribution in [-0.4, -0.2) is 5.54 Å². The lowest BCUT2D eigenvalue weighted by Crippen LogP contribution is -2.39. The summed E-state index contributed by atoms with van der Waals surface area (Å²) in [5.41, 5.74) is 6.81. The van der Waals surface area contributed by atoms with E-state index in [1.165, 1.54) is 83.5 Å². The Kier molecular flexibility index (Phi) is 17.0. The summed E-state index contributed by atoms with van der Waals surface area (Å²) in [6.45, 7) is 6.82. The zero-order valence-corrected chi connectivity index (χ0v) is 15.4. The second kappa shape index (κ2) is 14.8. The molecule has 0 saturated carbocycles. The van der Waals surface area contributed by atoms with E-state index in [1.54, 1.807) is 0 Å². The van der Waals surface area contributed by atoms with Gasteiger partial charge in [-0.1, -0.05) is 85.0 Å². The van der Waals surface area contributed by atoms with Crippen LogP contribution >= 0.6 is 17.0 Å². The quantitative estimate of drug-likeness (QED) is 0.387. The van der Waals surface area contributed by atoms with Crippen molar-refractivity contribution in [3.63, 3.8) is 0 Å². The van der Waals surface area contributed by atoms with Crippen molar-refractivity contribution in [1.29, 1.82) is 0 Å². The van der Waals surface area contributed by atoms with Gasteiger partial charge < -0.3 is 5.73 Å². The number of unbranched alkanes of at least 4 members (excludes halogenated alkanes) is 7. The van der Waals surface area contributed by atoms with Gasteiger partial charge in [-0.25, -0.2) is 0 Å². The van der Waals surface area contributed by atoms with Crippen molar-refractivity contribution in [2.45, 2.75) is 110 Å². The highest BCUT2D eigenvalue weighted by molar-refractivity contribution is 8.93. The molecule has 0 aliphatic carbocycles. The molecule has 118 valence electrons. The van der Waals surface area contributed by atoms with Gasteiger partial charge >= 0.3 is 0 Å². The summed E-state index contributed by atoms with van der Waals surface area (Å²) >= 11 is 0. The van der Waals surface area contributed by atoms with Gasteiger partial charge in [-0.15, -0.1) is 17.0 Å². The van der Waals surface area contributed by atoms with Gasteiger partial charge in [0.15, 0.2) is 0 Å². The summed E-state index contributed by atoms with van der Waals surface area (Å²) < 4.78 is 0. The fourth-order valence-electron chi connectivity index (χ4n) is 2.73.